The molecular weight excluding hydrogens is 290 g/mol. The molecule has 2 saturated heterocycles. The summed E-state index contributed by atoms with van der Waals surface area (Å²) in [7, 11) is 0. The standard InChI is InChI=1S/C18H25N3O2/c22-17-8-7-13(9-11-20-17)15-5-1-2-6-16(15)21-18(23)14-4-3-10-19-12-14/h1-2,5-6,13-14,19H,3-4,7-12H2,(H,20,22)(H,21,23)/t13?,14-/m0/s1. The lowest BCUT2D eigenvalue weighted by Crippen LogP contribution is -2.37. The summed E-state index contributed by atoms with van der Waals surface area (Å²) in [6.07, 6.45) is 4.31. The smallest absolute Gasteiger partial charge is 0.228 e. The molecule has 1 unspecified atom stereocenters. The molecule has 0 aromatic heterocycles. The van der Waals surface area contributed by atoms with Crippen LogP contribution in [0.1, 0.15) is 43.6 Å². The summed E-state index contributed by atoms with van der Waals surface area (Å²) in [6, 6.07) is 8.02. The van der Waals surface area contributed by atoms with Crippen LogP contribution in [0.3, 0.4) is 0 Å². The van der Waals surface area contributed by atoms with E-state index in [1.807, 2.05) is 18.2 Å². The van der Waals surface area contributed by atoms with Gasteiger partial charge in [0.2, 0.25) is 11.8 Å². The van der Waals surface area contributed by atoms with Gasteiger partial charge in [-0.05, 0) is 49.8 Å². The minimum Gasteiger partial charge on any atom is -0.356 e. The third kappa shape index (κ3) is 4.10. The topological polar surface area (TPSA) is 70.2 Å². The number of carbonyl (C=O) groups is 2. The summed E-state index contributed by atoms with van der Waals surface area (Å²) in [5.41, 5.74) is 2.06. The number of rotatable bonds is 3. The largest absolute Gasteiger partial charge is 0.356 e. The molecule has 0 saturated carbocycles. The van der Waals surface area contributed by atoms with Crippen molar-refractivity contribution in [1.29, 1.82) is 0 Å². The summed E-state index contributed by atoms with van der Waals surface area (Å²) in [4.78, 5) is 24.0. The van der Waals surface area contributed by atoms with Crippen LogP contribution in [0.25, 0.3) is 0 Å². The fraction of sp³-hybridized carbons (Fsp3) is 0.556. The number of para-hydroxylation sites is 1. The van der Waals surface area contributed by atoms with Gasteiger partial charge in [-0.3, -0.25) is 9.59 Å². The van der Waals surface area contributed by atoms with Gasteiger partial charge in [0.15, 0.2) is 0 Å². The van der Waals surface area contributed by atoms with E-state index in [-0.39, 0.29) is 17.7 Å². The highest BCUT2D eigenvalue weighted by Gasteiger charge is 2.24. The number of amides is 2. The molecule has 2 atom stereocenters. The maximum absolute atomic E-state index is 12.5. The van der Waals surface area contributed by atoms with E-state index in [9.17, 15) is 9.59 Å². The van der Waals surface area contributed by atoms with Crippen molar-refractivity contribution in [3.05, 3.63) is 29.8 Å². The van der Waals surface area contributed by atoms with Crippen LogP contribution in [0.15, 0.2) is 24.3 Å². The zero-order valence-electron chi connectivity index (χ0n) is 13.4. The fourth-order valence-electron chi connectivity index (χ4n) is 3.51. The summed E-state index contributed by atoms with van der Waals surface area (Å²) in [6.45, 7) is 2.47. The van der Waals surface area contributed by atoms with Crippen LogP contribution in [0.4, 0.5) is 5.69 Å². The average molecular weight is 315 g/mol. The first-order valence-electron chi connectivity index (χ1n) is 8.61. The van der Waals surface area contributed by atoms with Crippen LogP contribution in [0, 0.1) is 5.92 Å². The number of carbonyl (C=O) groups excluding carboxylic acids is 2. The predicted octanol–water partition coefficient (Wildman–Crippen LogP) is 2.01. The van der Waals surface area contributed by atoms with Crippen LogP contribution >= 0.6 is 0 Å². The minimum absolute atomic E-state index is 0.0502. The fourth-order valence-corrected chi connectivity index (χ4v) is 3.51. The summed E-state index contributed by atoms with van der Waals surface area (Å²) >= 11 is 0. The number of nitrogens with one attached hydrogen (secondary N) is 3. The van der Waals surface area contributed by atoms with Gasteiger partial charge in [0.05, 0.1) is 5.92 Å². The van der Waals surface area contributed by atoms with E-state index in [1.54, 1.807) is 0 Å². The Morgan fingerprint density at radius 2 is 2.00 bits per heavy atom. The van der Waals surface area contributed by atoms with Crippen molar-refractivity contribution in [3.63, 3.8) is 0 Å². The molecule has 2 fully saturated rings. The van der Waals surface area contributed by atoms with Gasteiger partial charge < -0.3 is 16.0 Å². The Balaban J connectivity index is 1.72. The molecule has 23 heavy (non-hydrogen) atoms. The average Bonchev–Trinajstić information content (AvgIpc) is 2.81. The first-order valence-corrected chi connectivity index (χ1v) is 8.61. The summed E-state index contributed by atoms with van der Waals surface area (Å²) in [5, 5.41) is 9.33. The molecular formula is C18H25N3O2. The molecule has 5 heteroatoms. The van der Waals surface area contributed by atoms with Gasteiger partial charge in [-0.15, -0.1) is 0 Å². The highest BCUT2D eigenvalue weighted by atomic mass is 16.2. The third-order valence-corrected chi connectivity index (χ3v) is 4.86. The molecule has 0 bridgehead atoms. The van der Waals surface area contributed by atoms with Crippen LogP contribution in [0.5, 0.6) is 0 Å². The molecule has 3 rings (SSSR count). The van der Waals surface area contributed by atoms with E-state index >= 15 is 0 Å². The van der Waals surface area contributed by atoms with Gasteiger partial charge in [-0.2, -0.15) is 0 Å². The van der Waals surface area contributed by atoms with Crippen molar-refractivity contribution in [1.82, 2.24) is 10.6 Å². The second-order valence-electron chi connectivity index (χ2n) is 6.49. The number of piperidine rings is 1. The second kappa shape index (κ2) is 7.59. The maximum atomic E-state index is 12.5. The van der Waals surface area contributed by atoms with Crippen molar-refractivity contribution in [2.24, 2.45) is 5.92 Å². The molecule has 5 nitrogen and oxygen atoms in total. The van der Waals surface area contributed by atoms with E-state index in [2.05, 4.69) is 22.0 Å². The summed E-state index contributed by atoms with van der Waals surface area (Å²) < 4.78 is 0. The van der Waals surface area contributed by atoms with E-state index in [4.69, 9.17) is 0 Å². The van der Waals surface area contributed by atoms with Crippen molar-refractivity contribution < 1.29 is 9.59 Å². The summed E-state index contributed by atoms with van der Waals surface area (Å²) in [5.74, 6) is 0.596. The maximum Gasteiger partial charge on any atom is 0.228 e. The quantitative estimate of drug-likeness (QED) is 0.799. The molecule has 2 heterocycles. The first kappa shape index (κ1) is 16.0. The molecule has 3 N–H and O–H groups in total. The highest BCUT2D eigenvalue weighted by molar-refractivity contribution is 5.93. The number of anilines is 1. The molecule has 1 aromatic carbocycles. The zero-order chi connectivity index (χ0) is 16.1. The van der Waals surface area contributed by atoms with Crippen molar-refractivity contribution in [2.75, 3.05) is 25.0 Å². The Labute approximate surface area is 137 Å². The van der Waals surface area contributed by atoms with Gasteiger partial charge in [-0.25, -0.2) is 0 Å². The predicted molar refractivity (Wildman–Crippen MR) is 90.3 cm³/mol. The molecule has 2 aliphatic heterocycles. The van der Waals surface area contributed by atoms with Gasteiger partial charge in [0.25, 0.3) is 0 Å². The molecule has 0 aliphatic carbocycles. The van der Waals surface area contributed by atoms with Crippen LogP contribution in [-0.4, -0.2) is 31.4 Å². The zero-order valence-corrected chi connectivity index (χ0v) is 13.4. The van der Waals surface area contributed by atoms with Gasteiger partial charge in [0.1, 0.15) is 0 Å². The third-order valence-electron chi connectivity index (χ3n) is 4.86. The number of benzene rings is 1. The van der Waals surface area contributed by atoms with E-state index in [0.29, 0.717) is 18.9 Å². The lowest BCUT2D eigenvalue weighted by atomic mass is 9.90. The van der Waals surface area contributed by atoms with Crippen LogP contribution < -0.4 is 16.0 Å². The molecule has 2 amide bonds. The van der Waals surface area contributed by atoms with Gasteiger partial charge >= 0.3 is 0 Å². The minimum atomic E-state index is 0.0502. The Hall–Kier alpha value is -1.88. The van der Waals surface area contributed by atoms with E-state index < -0.39 is 0 Å². The Morgan fingerprint density at radius 1 is 1.13 bits per heavy atom. The first-order chi connectivity index (χ1) is 11.2. The van der Waals surface area contributed by atoms with Crippen molar-refractivity contribution >= 4 is 17.5 Å². The van der Waals surface area contributed by atoms with Crippen LogP contribution in [0.2, 0.25) is 0 Å². The van der Waals surface area contributed by atoms with Gasteiger partial charge in [0, 0.05) is 25.2 Å². The second-order valence-corrected chi connectivity index (χ2v) is 6.49. The van der Waals surface area contributed by atoms with E-state index in [1.165, 1.54) is 0 Å². The molecule has 1 aromatic rings. The Bertz CT molecular complexity index is 567. The number of hydrogen-bond acceptors (Lipinski definition) is 3. The van der Waals surface area contributed by atoms with Crippen molar-refractivity contribution in [2.45, 2.75) is 38.0 Å². The Kier molecular flexibility index (Phi) is 5.28. The lowest BCUT2D eigenvalue weighted by Gasteiger charge is -2.24. The van der Waals surface area contributed by atoms with Crippen LogP contribution in [-0.2, 0) is 9.59 Å². The van der Waals surface area contributed by atoms with Crippen molar-refractivity contribution in [3.8, 4) is 0 Å². The molecule has 0 radical (unpaired) electrons. The monoisotopic (exact) mass is 315 g/mol. The normalized spacial score (nSPS) is 25.3. The molecule has 124 valence electrons. The lowest BCUT2D eigenvalue weighted by molar-refractivity contribution is -0.121. The SMILES string of the molecule is O=C1CCC(c2ccccc2NC(=O)[C@H]2CCCNC2)CCN1. The molecule has 0 spiro atoms. The van der Waals surface area contributed by atoms with E-state index in [0.717, 1.165) is 50.0 Å². The number of hydrogen-bond donors (Lipinski definition) is 3. The highest BCUT2D eigenvalue weighted by Crippen LogP contribution is 2.32. The molecule has 2 aliphatic rings. The Morgan fingerprint density at radius 3 is 2.83 bits per heavy atom. The van der Waals surface area contributed by atoms with Gasteiger partial charge in [-0.1, -0.05) is 18.2 Å².